The topological polar surface area (TPSA) is 127 Å². The molecule has 0 saturated carbocycles. The largest absolute Gasteiger partial charge is 0.495 e. The highest BCUT2D eigenvalue weighted by molar-refractivity contribution is 6.62. The summed E-state index contributed by atoms with van der Waals surface area (Å²) in [5, 5.41) is 2.06. The molecule has 1 aliphatic heterocycles. The van der Waals surface area contributed by atoms with Crippen LogP contribution in [0.1, 0.15) is 63.6 Å². The number of pyridine rings is 1. The van der Waals surface area contributed by atoms with Crippen LogP contribution < -0.4 is 16.9 Å². The predicted octanol–water partition coefficient (Wildman–Crippen LogP) is 3.41. The highest BCUT2D eigenvalue weighted by atomic mass is 16.7. The molecule has 2 heterocycles. The number of ether oxygens (including phenoxy) is 1. The highest BCUT2D eigenvalue weighted by Gasteiger charge is 2.45. The second kappa shape index (κ2) is 12.6. The first kappa shape index (κ1) is 29.9. The van der Waals surface area contributed by atoms with E-state index in [1.807, 2.05) is 77.1 Å². The summed E-state index contributed by atoms with van der Waals surface area (Å²) in [5.41, 5.74) is 14.8. The van der Waals surface area contributed by atoms with Crippen molar-refractivity contribution in [3.63, 3.8) is 0 Å². The Bertz CT molecular complexity index is 1360. The number of hydrogen-bond donors (Lipinski definition) is 2. The van der Waals surface area contributed by atoms with Crippen molar-refractivity contribution in [1.29, 1.82) is 0 Å². The fraction of sp³-hybridized carbons (Fsp3) is 0.452. The van der Waals surface area contributed by atoms with E-state index in [1.165, 1.54) is 0 Å². The van der Waals surface area contributed by atoms with E-state index in [9.17, 15) is 9.59 Å². The average Bonchev–Trinajstić information content (AvgIpc) is 3.19. The summed E-state index contributed by atoms with van der Waals surface area (Å²) in [6.45, 7) is 10.1. The van der Waals surface area contributed by atoms with E-state index in [1.54, 1.807) is 12.4 Å². The number of hydrogen-bond acceptors (Lipinski definition) is 8. The highest BCUT2D eigenvalue weighted by Crippen LogP contribution is 2.28. The molecule has 3 unspecified atom stereocenters. The van der Waals surface area contributed by atoms with Crippen molar-refractivity contribution in [1.82, 2.24) is 4.98 Å². The zero-order chi connectivity index (χ0) is 29.0. The number of aromatic nitrogens is 1. The number of nitrogens with zero attached hydrogens (tertiary/aromatic N) is 1. The first-order valence-electron chi connectivity index (χ1n) is 13.9. The number of benzene rings is 2. The van der Waals surface area contributed by atoms with Crippen LogP contribution in [0.25, 0.3) is 10.8 Å². The number of fused-ring (bicyclic) bond motifs is 1. The van der Waals surface area contributed by atoms with E-state index in [0.717, 1.165) is 27.5 Å². The smallest absolute Gasteiger partial charge is 0.460 e. The van der Waals surface area contributed by atoms with Gasteiger partial charge >= 0.3 is 13.1 Å². The Balaban J connectivity index is 1.58. The molecule has 0 bridgehead atoms. The van der Waals surface area contributed by atoms with Gasteiger partial charge in [0.25, 0.3) is 0 Å². The maximum absolute atomic E-state index is 13.5. The second-order valence-electron chi connectivity index (χ2n) is 11.6. The van der Waals surface area contributed by atoms with Gasteiger partial charge in [0, 0.05) is 30.7 Å². The zero-order valence-electron chi connectivity index (χ0n) is 24.1. The lowest BCUT2D eigenvalue weighted by molar-refractivity contribution is -0.146. The molecule has 0 amide bonds. The van der Waals surface area contributed by atoms with Gasteiger partial charge in [0.15, 0.2) is 0 Å². The van der Waals surface area contributed by atoms with Crippen LogP contribution in [0.4, 0.5) is 0 Å². The lowest BCUT2D eigenvalue weighted by Crippen LogP contribution is -2.39. The maximum Gasteiger partial charge on any atom is 0.495 e. The molecule has 9 heteroatoms. The Morgan fingerprint density at radius 3 is 2.58 bits per heavy atom. The summed E-state index contributed by atoms with van der Waals surface area (Å²) in [7, 11) is -0.675. The first-order valence-corrected chi connectivity index (χ1v) is 13.9. The molecule has 1 fully saturated rings. The van der Waals surface area contributed by atoms with Gasteiger partial charge in [0.1, 0.15) is 18.4 Å². The van der Waals surface area contributed by atoms with E-state index in [4.69, 9.17) is 25.5 Å². The molecule has 4 rings (SSSR count). The molecule has 3 atom stereocenters. The second-order valence-corrected chi connectivity index (χ2v) is 11.6. The Morgan fingerprint density at radius 2 is 1.90 bits per heavy atom. The Morgan fingerprint density at radius 1 is 1.12 bits per heavy atom. The van der Waals surface area contributed by atoms with Crippen LogP contribution in [0, 0.1) is 5.92 Å². The summed E-state index contributed by atoms with van der Waals surface area (Å²) in [5.74, 6) is -0.678. The number of nitrogens with two attached hydrogens (primary N) is 2. The SMILES string of the molecule is CC(C)CC(N)C(=O)OCc1ccc(C(CN)C(=O)Cc2ccc3cnccc3c2)cc1B1OC(C)C(C)(C)O1. The summed E-state index contributed by atoms with van der Waals surface area (Å²) in [6.07, 6.45) is 4.18. The molecular formula is C31H40BN3O5. The zero-order valence-corrected chi connectivity index (χ0v) is 24.1. The van der Waals surface area contributed by atoms with Crippen LogP contribution in [-0.2, 0) is 36.7 Å². The van der Waals surface area contributed by atoms with E-state index in [0.29, 0.717) is 11.9 Å². The van der Waals surface area contributed by atoms with Crippen LogP contribution in [-0.4, -0.2) is 48.1 Å². The summed E-state index contributed by atoms with van der Waals surface area (Å²) >= 11 is 0. The van der Waals surface area contributed by atoms with Crippen molar-refractivity contribution in [2.75, 3.05) is 6.54 Å². The first-order chi connectivity index (χ1) is 19.0. The van der Waals surface area contributed by atoms with Gasteiger partial charge in [-0.15, -0.1) is 0 Å². The van der Waals surface area contributed by atoms with Gasteiger partial charge in [-0.2, -0.15) is 0 Å². The minimum atomic E-state index is -0.689. The molecule has 212 valence electrons. The van der Waals surface area contributed by atoms with Crippen molar-refractivity contribution in [3.8, 4) is 0 Å². The number of Topliss-reactive ketones (excluding diaryl/α,β-unsaturated/α-hetero) is 1. The minimum Gasteiger partial charge on any atom is -0.460 e. The number of carbonyl (C=O) groups is 2. The molecule has 0 radical (unpaired) electrons. The molecule has 4 N–H and O–H groups in total. The minimum absolute atomic E-state index is 0.0163. The molecule has 1 saturated heterocycles. The molecule has 2 aromatic carbocycles. The van der Waals surface area contributed by atoms with Crippen molar-refractivity contribution in [2.24, 2.45) is 17.4 Å². The Kier molecular flexibility index (Phi) is 9.41. The molecule has 0 aliphatic carbocycles. The van der Waals surface area contributed by atoms with E-state index >= 15 is 0 Å². The van der Waals surface area contributed by atoms with E-state index in [-0.39, 0.29) is 37.4 Å². The molecule has 0 spiro atoms. The molecule has 8 nitrogen and oxygen atoms in total. The fourth-order valence-corrected chi connectivity index (χ4v) is 4.95. The van der Waals surface area contributed by atoms with E-state index in [2.05, 4.69) is 4.98 Å². The Labute approximate surface area is 236 Å². The van der Waals surface area contributed by atoms with Crippen LogP contribution in [0.2, 0.25) is 0 Å². The van der Waals surface area contributed by atoms with Gasteiger partial charge in [0.2, 0.25) is 0 Å². The normalized spacial score (nSPS) is 18.2. The summed E-state index contributed by atoms with van der Waals surface area (Å²) in [4.78, 5) is 30.2. The van der Waals surface area contributed by atoms with Crippen molar-refractivity contribution in [3.05, 3.63) is 71.5 Å². The number of carbonyl (C=O) groups excluding carboxylic acids is 2. The monoisotopic (exact) mass is 545 g/mol. The Hall–Kier alpha value is -3.11. The van der Waals surface area contributed by atoms with Crippen molar-refractivity contribution >= 4 is 35.1 Å². The van der Waals surface area contributed by atoms with Crippen LogP contribution >= 0.6 is 0 Å². The third-order valence-electron chi connectivity index (χ3n) is 7.65. The van der Waals surface area contributed by atoms with Crippen molar-refractivity contribution < 1.29 is 23.6 Å². The van der Waals surface area contributed by atoms with Gasteiger partial charge in [-0.05, 0) is 66.7 Å². The van der Waals surface area contributed by atoms with E-state index < -0.39 is 30.6 Å². The van der Waals surface area contributed by atoms with Gasteiger partial charge in [-0.3, -0.25) is 14.6 Å². The third-order valence-corrected chi connectivity index (χ3v) is 7.65. The lowest BCUT2D eigenvalue weighted by atomic mass is 9.74. The molecule has 3 aromatic rings. The fourth-order valence-electron chi connectivity index (χ4n) is 4.95. The van der Waals surface area contributed by atoms with Gasteiger partial charge in [0.05, 0.1) is 17.6 Å². The number of esters is 1. The van der Waals surface area contributed by atoms with Crippen molar-refractivity contribution in [2.45, 2.75) is 77.7 Å². The van der Waals surface area contributed by atoms with Crippen LogP contribution in [0.3, 0.4) is 0 Å². The number of rotatable bonds is 11. The maximum atomic E-state index is 13.5. The van der Waals surface area contributed by atoms with Gasteiger partial charge < -0.3 is 25.5 Å². The summed E-state index contributed by atoms with van der Waals surface area (Å²) < 4.78 is 18.0. The van der Waals surface area contributed by atoms with Gasteiger partial charge in [-0.25, -0.2) is 0 Å². The predicted molar refractivity (Wildman–Crippen MR) is 157 cm³/mol. The molecule has 40 heavy (non-hydrogen) atoms. The van der Waals surface area contributed by atoms with Crippen LogP contribution in [0.5, 0.6) is 0 Å². The average molecular weight is 545 g/mol. The number of ketones is 1. The lowest BCUT2D eigenvalue weighted by Gasteiger charge is -2.22. The standard InChI is InChI=1S/C31H40BN3O5/c1-19(2)12-28(34)30(37)38-18-25-9-8-23(15-27(25)32-39-20(3)31(4,5)40-32)26(16-33)29(36)14-21-6-7-24-17-35-11-10-22(24)13-21/h6-11,13,15,17,19-20,26,28H,12,14,16,18,33-34H2,1-5H3. The quantitative estimate of drug-likeness (QED) is 0.277. The molecule has 1 aliphatic rings. The molecule has 1 aromatic heterocycles. The van der Waals surface area contributed by atoms with Crippen LogP contribution in [0.15, 0.2) is 54.9 Å². The van der Waals surface area contributed by atoms with Gasteiger partial charge in [-0.1, -0.05) is 50.2 Å². The molecular weight excluding hydrogens is 505 g/mol. The third kappa shape index (κ3) is 6.96. The summed E-state index contributed by atoms with van der Waals surface area (Å²) in [6, 6.07) is 12.8.